The summed E-state index contributed by atoms with van der Waals surface area (Å²) < 4.78 is 0. The van der Waals surface area contributed by atoms with Crippen LogP contribution < -0.4 is 21.7 Å². The SMILES string of the molecule is CC(C)(CC(C)(C)C(NC(=O)NCC(O)CO)C(N)=O)C(=O)NCC(O)CO. The van der Waals surface area contributed by atoms with Crippen molar-refractivity contribution in [3.8, 4) is 0 Å². The zero-order chi connectivity index (χ0) is 22.1. The van der Waals surface area contributed by atoms with Gasteiger partial charge in [0.15, 0.2) is 0 Å². The van der Waals surface area contributed by atoms with Crippen molar-refractivity contribution in [1.29, 1.82) is 0 Å². The van der Waals surface area contributed by atoms with Crippen molar-refractivity contribution in [3.05, 3.63) is 0 Å². The minimum atomic E-state index is -1.14. The molecular formula is C17H34N4O7. The van der Waals surface area contributed by atoms with E-state index in [4.69, 9.17) is 15.9 Å². The van der Waals surface area contributed by atoms with Gasteiger partial charge in [0.2, 0.25) is 11.8 Å². The average Bonchev–Trinajstić information content (AvgIpc) is 2.60. The molecule has 0 fully saturated rings. The highest BCUT2D eigenvalue weighted by Crippen LogP contribution is 2.36. The lowest BCUT2D eigenvalue weighted by Gasteiger charge is -2.38. The molecule has 0 aromatic heterocycles. The van der Waals surface area contributed by atoms with E-state index in [1.54, 1.807) is 27.7 Å². The van der Waals surface area contributed by atoms with Crippen LogP contribution in [0.15, 0.2) is 0 Å². The van der Waals surface area contributed by atoms with Crippen LogP contribution in [0, 0.1) is 10.8 Å². The highest BCUT2D eigenvalue weighted by Gasteiger charge is 2.42. The quantitative estimate of drug-likeness (QED) is 0.174. The Labute approximate surface area is 164 Å². The Morgan fingerprint density at radius 1 is 0.929 bits per heavy atom. The Morgan fingerprint density at radius 3 is 1.82 bits per heavy atom. The van der Waals surface area contributed by atoms with Crippen LogP contribution >= 0.6 is 0 Å². The number of nitrogens with two attached hydrogens (primary N) is 1. The number of carbonyl (C=O) groups is 3. The van der Waals surface area contributed by atoms with Crippen molar-refractivity contribution in [2.75, 3.05) is 26.3 Å². The van der Waals surface area contributed by atoms with E-state index in [1.165, 1.54) is 0 Å². The third-order valence-electron chi connectivity index (χ3n) is 4.27. The predicted octanol–water partition coefficient (Wildman–Crippen LogP) is -2.60. The molecule has 0 spiro atoms. The Hall–Kier alpha value is -1.95. The normalized spacial score (nSPS) is 15.3. The summed E-state index contributed by atoms with van der Waals surface area (Å²) in [6.07, 6.45) is -2.05. The summed E-state index contributed by atoms with van der Waals surface area (Å²) >= 11 is 0. The molecular weight excluding hydrogens is 372 g/mol. The van der Waals surface area contributed by atoms with Crippen LogP contribution in [0.25, 0.3) is 0 Å². The largest absolute Gasteiger partial charge is 0.394 e. The number of carbonyl (C=O) groups excluding carboxylic acids is 3. The molecule has 0 radical (unpaired) electrons. The Bertz CT molecular complexity index is 540. The smallest absolute Gasteiger partial charge is 0.315 e. The van der Waals surface area contributed by atoms with Gasteiger partial charge in [-0.3, -0.25) is 9.59 Å². The van der Waals surface area contributed by atoms with Gasteiger partial charge < -0.3 is 42.1 Å². The molecule has 0 saturated heterocycles. The van der Waals surface area contributed by atoms with Crippen LogP contribution in [0.5, 0.6) is 0 Å². The second kappa shape index (κ2) is 11.1. The van der Waals surface area contributed by atoms with E-state index in [0.29, 0.717) is 0 Å². The summed E-state index contributed by atoms with van der Waals surface area (Å²) in [6.45, 7) is 5.28. The predicted molar refractivity (Wildman–Crippen MR) is 101 cm³/mol. The van der Waals surface area contributed by atoms with Crippen LogP contribution in [-0.4, -0.2) is 82.8 Å². The first kappa shape index (κ1) is 26.1. The number of aliphatic hydroxyl groups is 4. The topological polar surface area (TPSA) is 194 Å². The van der Waals surface area contributed by atoms with Crippen LogP contribution in [0.3, 0.4) is 0 Å². The summed E-state index contributed by atoms with van der Waals surface area (Å²) in [5.74, 6) is -1.19. The molecule has 0 aromatic carbocycles. The minimum absolute atomic E-state index is 0.119. The molecule has 0 saturated carbocycles. The molecule has 3 unspecified atom stereocenters. The molecule has 0 bridgehead atoms. The van der Waals surface area contributed by atoms with Gasteiger partial charge in [-0.1, -0.05) is 27.7 Å². The number of primary amides is 1. The molecule has 0 heterocycles. The molecule has 3 atom stereocenters. The highest BCUT2D eigenvalue weighted by atomic mass is 16.3. The van der Waals surface area contributed by atoms with Gasteiger partial charge >= 0.3 is 6.03 Å². The minimum Gasteiger partial charge on any atom is -0.394 e. The monoisotopic (exact) mass is 406 g/mol. The van der Waals surface area contributed by atoms with Crippen LogP contribution in [-0.2, 0) is 9.59 Å². The summed E-state index contributed by atoms with van der Waals surface area (Å²) in [4.78, 5) is 36.3. The number of urea groups is 1. The molecule has 0 aliphatic carbocycles. The first-order chi connectivity index (χ1) is 12.8. The number of nitrogens with one attached hydrogen (secondary N) is 3. The van der Waals surface area contributed by atoms with E-state index in [-0.39, 0.29) is 19.5 Å². The van der Waals surface area contributed by atoms with Crippen molar-refractivity contribution < 1.29 is 34.8 Å². The molecule has 164 valence electrons. The molecule has 0 aliphatic rings. The maximum atomic E-state index is 12.4. The maximum Gasteiger partial charge on any atom is 0.315 e. The van der Waals surface area contributed by atoms with Crippen LogP contribution in [0.4, 0.5) is 4.79 Å². The van der Waals surface area contributed by atoms with E-state index < -0.39 is 60.1 Å². The van der Waals surface area contributed by atoms with E-state index in [2.05, 4.69) is 16.0 Å². The number of hydrogen-bond donors (Lipinski definition) is 8. The lowest BCUT2D eigenvalue weighted by Crippen LogP contribution is -2.57. The third-order valence-corrected chi connectivity index (χ3v) is 4.27. The number of aliphatic hydroxyl groups excluding tert-OH is 4. The standard InChI is InChI=1S/C17H34N4O7/c1-16(2,9-17(3,4)14(27)19-5-10(24)7-22)12(13(18)26)21-15(28)20-6-11(25)8-23/h10-12,22-25H,5-9H2,1-4H3,(H2,18,26)(H,19,27)(H2,20,21,28). The Balaban J connectivity index is 5.08. The van der Waals surface area contributed by atoms with Gasteiger partial charge in [0.1, 0.15) is 6.04 Å². The van der Waals surface area contributed by atoms with E-state index >= 15 is 0 Å². The fraction of sp³-hybridized carbons (Fsp3) is 0.824. The van der Waals surface area contributed by atoms with Gasteiger partial charge in [-0.25, -0.2) is 4.79 Å². The lowest BCUT2D eigenvalue weighted by molar-refractivity contribution is -0.133. The van der Waals surface area contributed by atoms with E-state index in [9.17, 15) is 24.6 Å². The fourth-order valence-corrected chi connectivity index (χ4v) is 2.94. The first-order valence-electron chi connectivity index (χ1n) is 8.96. The highest BCUT2D eigenvalue weighted by molar-refractivity contribution is 5.87. The molecule has 28 heavy (non-hydrogen) atoms. The molecule has 0 aromatic rings. The molecule has 4 amide bonds. The van der Waals surface area contributed by atoms with Crippen molar-refractivity contribution in [1.82, 2.24) is 16.0 Å². The van der Waals surface area contributed by atoms with Crippen molar-refractivity contribution >= 4 is 17.8 Å². The molecule has 9 N–H and O–H groups in total. The van der Waals surface area contributed by atoms with E-state index in [0.717, 1.165) is 0 Å². The van der Waals surface area contributed by atoms with Gasteiger partial charge in [-0.05, 0) is 11.8 Å². The van der Waals surface area contributed by atoms with Gasteiger partial charge in [0.05, 0.1) is 25.4 Å². The van der Waals surface area contributed by atoms with Crippen molar-refractivity contribution in [3.63, 3.8) is 0 Å². The maximum absolute atomic E-state index is 12.4. The number of amides is 4. The lowest BCUT2D eigenvalue weighted by atomic mass is 9.70. The summed E-state index contributed by atoms with van der Waals surface area (Å²) in [5.41, 5.74) is 3.54. The zero-order valence-electron chi connectivity index (χ0n) is 16.9. The zero-order valence-corrected chi connectivity index (χ0v) is 16.9. The van der Waals surface area contributed by atoms with Crippen molar-refractivity contribution in [2.45, 2.75) is 52.4 Å². The van der Waals surface area contributed by atoms with Crippen molar-refractivity contribution in [2.24, 2.45) is 16.6 Å². The first-order valence-corrected chi connectivity index (χ1v) is 8.96. The molecule has 0 rings (SSSR count). The summed E-state index contributed by atoms with van der Waals surface area (Å²) in [6, 6.07) is -1.87. The average molecular weight is 406 g/mol. The summed E-state index contributed by atoms with van der Waals surface area (Å²) in [7, 11) is 0. The van der Waals surface area contributed by atoms with Gasteiger partial charge in [-0.2, -0.15) is 0 Å². The van der Waals surface area contributed by atoms with Gasteiger partial charge in [0.25, 0.3) is 0 Å². The Kier molecular flexibility index (Phi) is 10.4. The van der Waals surface area contributed by atoms with Crippen LogP contribution in [0.2, 0.25) is 0 Å². The summed E-state index contributed by atoms with van der Waals surface area (Å²) in [5, 5.41) is 43.5. The molecule has 0 aliphatic heterocycles. The molecule has 11 nitrogen and oxygen atoms in total. The Morgan fingerprint density at radius 2 is 1.39 bits per heavy atom. The molecule has 11 heteroatoms. The second-order valence-electron chi connectivity index (χ2n) is 8.12. The third kappa shape index (κ3) is 8.83. The second-order valence-corrected chi connectivity index (χ2v) is 8.12. The van der Waals surface area contributed by atoms with Gasteiger partial charge in [-0.15, -0.1) is 0 Å². The van der Waals surface area contributed by atoms with E-state index in [1.807, 2.05) is 0 Å². The van der Waals surface area contributed by atoms with Gasteiger partial charge in [0, 0.05) is 18.5 Å². The number of hydrogen-bond acceptors (Lipinski definition) is 7. The fourth-order valence-electron chi connectivity index (χ4n) is 2.94. The number of rotatable bonds is 12. The van der Waals surface area contributed by atoms with Crippen LogP contribution in [0.1, 0.15) is 34.1 Å².